The van der Waals surface area contributed by atoms with Crippen molar-refractivity contribution in [3.63, 3.8) is 0 Å². The number of hydrogen-bond donors (Lipinski definition) is 1. The Bertz CT molecular complexity index is 816. The zero-order chi connectivity index (χ0) is 13.6. The van der Waals surface area contributed by atoms with Gasteiger partial charge in [-0.05, 0) is 61.1 Å². The minimum absolute atomic E-state index is 0.282. The lowest BCUT2D eigenvalue weighted by Crippen LogP contribution is -1.94. The van der Waals surface area contributed by atoms with Crippen LogP contribution in [0.5, 0.6) is 0 Å². The second-order valence-electron chi connectivity index (χ2n) is 4.36. The highest BCUT2D eigenvalue weighted by Gasteiger charge is 2.09. The van der Waals surface area contributed by atoms with Gasteiger partial charge in [0.1, 0.15) is 11.6 Å². The van der Waals surface area contributed by atoms with Crippen molar-refractivity contribution < 1.29 is 8.78 Å². The first-order valence-electron chi connectivity index (χ1n) is 5.73. The number of nitrogens with zero attached hydrogens (tertiary/aromatic N) is 1. The Morgan fingerprint density at radius 3 is 2.47 bits per heavy atom. The fraction of sp³-hybridized carbons (Fsp3) is 0.0714. The molecule has 0 saturated carbocycles. The van der Waals surface area contributed by atoms with E-state index in [0.717, 1.165) is 11.2 Å². The highest BCUT2D eigenvalue weighted by atomic mass is 32.1. The van der Waals surface area contributed by atoms with Crippen LogP contribution in [0.2, 0.25) is 0 Å². The largest absolute Gasteiger partial charge is 0.330 e. The third-order valence-corrected chi connectivity index (χ3v) is 3.33. The molecule has 0 aliphatic rings. The number of hydrogen-bond acceptors (Lipinski definition) is 1. The van der Waals surface area contributed by atoms with Crippen molar-refractivity contribution in [2.45, 2.75) is 6.92 Å². The lowest BCUT2D eigenvalue weighted by atomic mass is 10.2. The van der Waals surface area contributed by atoms with Gasteiger partial charge in [-0.25, -0.2) is 8.78 Å². The summed E-state index contributed by atoms with van der Waals surface area (Å²) in [6.07, 6.45) is 0. The summed E-state index contributed by atoms with van der Waals surface area (Å²) in [5.41, 5.74) is 2.67. The minimum atomic E-state index is -0.308. The molecule has 0 spiro atoms. The number of fused-ring (bicyclic) bond motifs is 1. The molecule has 1 heterocycles. The van der Waals surface area contributed by atoms with Crippen LogP contribution in [0.3, 0.4) is 0 Å². The number of imidazole rings is 1. The summed E-state index contributed by atoms with van der Waals surface area (Å²) < 4.78 is 28.7. The highest BCUT2D eigenvalue weighted by molar-refractivity contribution is 7.71. The van der Waals surface area contributed by atoms with Crippen LogP contribution in [-0.4, -0.2) is 9.55 Å². The van der Waals surface area contributed by atoms with Crippen LogP contribution in [0, 0.1) is 23.3 Å². The van der Waals surface area contributed by atoms with Crippen LogP contribution >= 0.6 is 12.2 Å². The minimum Gasteiger partial charge on any atom is -0.330 e. The first-order valence-corrected chi connectivity index (χ1v) is 6.14. The number of rotatable bonds is 1. The maximum Gasteiger partial charge on any atom is 0.182 e. The molecule has 1 aromatic heterocycles. The normalized spacial score (nSPS) is 11.1. The first kappa shape index (κ1) is 12.0. The van der Waals surface area contributed by atoms with Gasteiger partial charge >= 0.3 is 0 Å². The molecule has 2 nitrogen and oxygen atoms in total. The Balaban J connectivity index is 2.34. The SMILES string of the molecule is Cc1cc2c(cc1F)[nH]c(=S)n2-c1ccc(F)cc1. The maximum absolute atomic E-state index is 13.5. The van der Waals surface area contributed by atoms with Crippen LogP contribution in [0.15, 0.2) is 36.4 Å². The van der Waals surface area contributed by atoms with Crippen LogP contribution in [0.4, 0.5) is 8.78 Å². The van der Waals surface area contributed by atoms with Gasteiger partial charge in [0.15, 0.2) is 4.77 Å². The van der Waals surface area contributed by atoms with Crippen molar-refractivity contribution in [2.24, 2.45) is 0 Å². The van der Waals surface area contributed by atoms with Crippen LogP contribution in [0.1, 0.15) is 5.56 Å². The Kier molecular flexibility index (Phi) is 2.71. The average Bonchev–Trinajstić information content (AvgIpc) is 2.67. The molecule has 0 bridgehead atoms. The first-order chi connectivity index (χ1) is 9.06. The zero-order valence-electron chi connectivity index (χ0n) is 10.1. The van der Waals surface area contributed by atoms with Crippen molar-refractivity contribution >= 4 is 23.3 Å². The molecule has 3 rings (SSSR count). The molecule has 96 valence electrons. The van der Waals surface area contributed by atoms with Gasteiger partial charge < -0.3 is 4.98 Å². The number of H-pyrrole nitrogens is 1. The summed E-state index contributed by atoms with van der Waals surface area (Å²) in [5.74, 6) is -0.590. The van der Waals surface area contributed by atoms with Crippen molar-refractivity contribution in [1.82, 2.24) is 9.55 Å². The summed E-state index contributed by atoms with van der Waals surface area (Å²) in [4.78, 5) is 2.95. The van der Waals surface area contributed by atoms with Gasteiger partial charge in [0.05, 0.1) is 11.0 Å². The number of halogens is 2. The van der Waals surface area contributed by atoms with Crippen molar-refractivity contribution in [3.05, 3.63) is 58.4 Å². The maximum atomic E-state index is 13.5. The molecule has 2 aromatic carbocycles. The third-order valence-electron chi connectivity index (χ3n) is 3.05. The molecule has 0 unspecified atom stereocenters. The van der Waals surface area contributed by atoms with E-state index in [1.54, 1.807) is 29.7 Å². The lowest BCUT2D eigenvalue weighted by Gasteiger charge is -2.05. The fourth-order valence-corrected chi connectivity index (χ4v) is 2.39. The van der Waals surface area contributed by atoms with E-state index in [1.165, 1.54) is 18.2 Å². The van der Waals surface area contributed by atoms with Gasteiger partial charge in [0.25, 0.3) is 0 Å². The number of aryl methyl sites for hydroxylation is 1. The summed E-state index contributed by atoms with van der Waals surface area (Å²) in [6.45, 7) is 1.69. The molecule has 3 aromatic rings. The molecular weight excluding hydrogens is 266 g/mol. The monoisotopic (exact) mass is 276 g/mol. The Morgan fingerprint density at radius 2 is 1.79 bits per heavy atom. The van der Waals surface area contributed by atoms with Crippen LogP contribution in [0.25, 0.3) is 16.7 Å². The lowest BCUT2D eigenvalue weighted by molar-refractivity contribution is 0.620. The highest BCUT2D eigenvalue weighted by Crippen LogP contribution is 2.22. The van der Waals surface area contributed by atoms with Crippen molar-refractivity contribution in [3.8, 4) is 5.69 Å². The molecule has 19 heavy (non-hydrogen) atoms. The van der Waals surface area contributed by atoms with E-state index in [-0.39, 0.29) is 11.6 Å². The molecule has 0 radical (unpaired) electrons. The molecule has 0 amide bonds. The van der Waals surface area contributed by atoms with E-state index >= 15 is 0 Å². The van der Waals surface area contributed by atoms with Gasteiger partial charge in [0, 0.05) is 5.69 Å². The molecule has 5 heteroatoms. The van der Waals surface area contributed by atoms with Gasteiger partial charge in [-0.3, -0.25) is 4.57 Å². The van der Waals surface area contributed by atoms with Crippen molar-refractivity contribution in [2.75, 3.05) is 0 Å². The number of aromatic amines is 1. The smallest absolute Gasteiger partial charge is 0.182 e. The van der Waals surface area contributed by atoms with E-state index < -0.39 is 0 Å². The predicted molar refractivity (Wildman–Crippen MR) is 73.1 cm³/mol. The second kappa shape index (κ2) is 4.28. The van der Waals surface area contributed by atoms with E-state index in [4.69, 9.17) is 12.2 Å². The average molecular weight is 276 g/mol. The summed E-state index contributed by atoms with van der Waals surface area (Å²) >= 11 is 5.25. The summed E-state index contributed by atoms with van der Waals surface area (Å²) in [7, 11) is 0. The third kappa shape index (κ3) is 1.96. The molecular formula is C14H10F2N2S. The van der Waals surface area contributed by atoms with E-state index in [0.29, 0.717) is 15.9 Å². The summed E-state index contributed by atoms with van der Waals surface area (Å²) in [5, 5.41) is 0. The van der Waals surface area contributed by atoms with E-state index in [2.05, 4.69) is 4.98 Å². The number of aromatic nitrogens is 2. The van der Waals surface area contributed by atoms with E-state index in [9.17, 15) is 8.78 Å². The van der Waals surface area contributed by atoms with Crippen LogP contribution < -0.4 is 0 Å². The Hall–Kier alpha value is -2.01. The fourth-order valence-electron chi connectivity index (χ4n) is 2.08. The van der Waals surface area contributed by atoms with Crippen molar-refractivity contribution in [1.29, 1.82) is 0 Å². The number of benzene rings is 2. The molecule has 0 fully saturated rings. The van der Waals surface area contributed by atoms with E-state index in [1.807, 2.05) is 0 Å². The van der Waals surface area contributed by atoms with Gasteiger partial charge in [-0.15, -0.1) is 0 Å². The quantitative estimate of drug-likeness (QED) is 0.658. The standard InChI is InChI=1S/C14H10F2N2S/c1-8-6-13-12(7-11(8)16)17-14(19)18(13)10-4-2-9(15)3-5-10/h2-7H,1H3,(H,17,19). The Morgan fingerprint density at radius 1 is 1.11 bits per heavy atom. The predicted octanol–water partition coefficient (Wildman–Crippen LogP) is 4.27. The van der Waals surface area contributed by atoms with Gasteiger partial charge in [-0.2, -0.15) is 0 Å². The molecule has 1 N–H and O–H groups in total. The molecule has 0 atom stereocenters. The molecule has 0 aliphatic carbocycles. The molecule has 0 aliphatic heterocycles. The van der Waals surface area contributed by atoms with Gasteiger partial charge in [-0.1, -0.05) is 0 Å². The van der Waals surface area contributed by atoms with Gasteiger partial charge in [0.2, 0.25) is 0 Å². The van der Waals surface area contributed by atoms with Crippen LogP contribution in [-0.2, 0) is 0 Å². The topological polar surface area (TPSA) is 20.7 Å². The second-order valence-corrected chi connectivity index (χ2v) is 4.75. The Labute approximate surface area is 113 Å². The molecule has 0 saturated heterocycles. The zero-order valence-corrected chi connectivity index (χ0v) is 10.9. The summed E-state index contributed by atoms with van der Waals surface area (Å²) in [6, 6.07) is 9.15. The number of nitrogens with one attached hydrogen (secondary N) is 1.